The number of nitrogens with one attached hydrogen (secondary N) is 1. The van der Waals surface area contributed by atoms with E-state index in [0.29, 0.717) is 6.29 Å². The van der Waals surface area contributed by atoms with Crippen LogP contribution >= 0.6 is 0 Å². The molecule has 0 bridgehead atoms. The van der Waals surface area contributed by atoms with Crippen LogP contribution in [0.2, 0.25) is 0 Å². The van der Waals surface area contributed by atoms with E-state index in [4.69, 9.17) is 5.73 Å². The van der Waals surface area contributed by atoms with Crippen molar-refractivity contribution in [2.75, 3.05) is 7.05 Å². The van der Waals surface area contributed by atoms with Gasteiger partial charge in [0.05, 0.1) is 6.04 Å². The van der Waals surface area contributed by atoms with Gasteiger partial charge in [-0.3, -0.25) is 4.79 Å². The summed E-state index contributed by atoms with van der Waals surface area (Å²) in [5.74, 6) is -0.116. The first-order valence-corrected chi connectivity index (χ1v) is 4.50. The van der Waals surface area contributed by atoms with Gasteiger partial charge < -0.3 is 15.8 Å². The molecule has 0 amide bonds. The third-order valence-corrected chi connectivity index (χ3v) is 2.34. The van der Waals surface area contributed by atoms with Crippen molar-refractivity contribution in [1.82, 2.24) is 5.32 Å². The fraction of sp³-hybridized carbons (Fsp3) is 0.778. The molecule has 4 heteroatoms. The Morgan fingerprint density at radius 2 is 2.15 bits per heavy atom. The molecular formula is C9H18N2O2. The van der Waals surface area contributed by atoms with Crippen LogP contribution in [0, 0.1) is 5.92 Å². The number of likely N-dealkylation sites (N-methyl/N-ethyl adjacent to an activating group) is 1. The SMILES string of the molecule is CC[C@H](C)[C@H](N)C(=O)C(C=O)NC. The second-order valence-electron chi connectivity index (χ2n) is 3.22. The lowest BCUT2D eigenvalue weighted by Gasteiger charge is -2.19. The molecule has 0 aliphatic rings. The topological polar surface area (TPSA) is 72.2 Å². The van der Waals surface area contributed by atoms with Crippen LogP contribution in [0.4, 0.5) is 0 Å². The summed E-state index contributed by atoms with van der Waals surface area (Å²) in [6.07, 6.45) is 1.42. The molecule has 1 unspecified atom stereocenters. The number of aldehydes is 1. The third kappa shape index (κ3) is 3.24. The zero-order chi connectivity index (χ0) is 10.4. The van der Waals surface area contributed by atoms with Gasteiger partial charge >= 0.3 is 0 Å². The van der Waals surface area contributed by atoms with Crippen LogP contribution in [0.3, 0.4) is 0 Å². The Kier molecular flexibility index (Phi) is 5.50. The van der Waals surface area contributed by atoms with Crippen LogP contribution < -0.4 is 11.1 Å². The summed E-state index contributed by atoms with van der Waals surface area (Å²) in [6, 6.07) is -1.31. The highest BCUT2D eigenvalue weighted by Crippen LogP contribution is 2.07. The predicted octanol–water partition coefficient (Wildman–Crippen LogP) is -0.284. The van der Waals surface area contributed by atoms with Crippen molar-refractivity contribution in [2.45, 2.75) is 32.4 Å². The Morgan fingerprint density at radius 1 is 1.62 bits per heavy atom. The van der Waals surface area contributed by atoms with Gasteiger partial charge in [-0.25, -0.2) is 0 Å². The molecule has 0 saturated heterocycles. The number of rotatable bonds is 6. The van der Waals surface area contributed by atoms with Gasteiger partial charge in [0, 0.05) is 0 Å². The number of Topliss-reactive ketones (excluding diaryl/α,β-unsaturated/α-hetero) is 1. The second-order valence-corrected chi connectivity index (χ2v) is 3.22. The summed E-state index contributed by atoms with van der Waals surface area (Å²) in [7, 11) is 1.57. The monoisotopic (exact) mass is 186 g/mol. The number of ketones is 1. The van der Waals surface area contributed by atoms with Crippen LogP contribution in [0.5, 0.6) is 0 Å². The van der Waals surface area contributed by atoms with E-state index in [2.05, 4.69) is 5.32 Å². The highest BCUT2D eigenvalue weighted by Gasteiger charge is 2.25. The Morgan fingerprint density at radius 3 is 2.46 bits per heavy atom. The maximum absolute atomic E-state index is 11.5. The van der Waals surface area contributed by atoms with Crippen molar-refractivity contribution in [3.8, 4) is 0 Å². The average Bonchev–Trinajstić information content (AvgIpc) is 2.17. The van der Waals surface area contributed by atoms with Crippen molar-refractivity contribution in [2.24, 2.45) is 11.7 Å². The Balaban J connectivity index is 4.30. The first-order valence-electron chi connectivity index (χ1n) is 4.50. The summed E-state index contributed by atoms with van der Waals surface area (Å²) in [5.41, 5.74) is 5.67. The molecule has 0 aromatic carbocycles. The van der Waals surface area contributed by atoms with Crippen LogP contribution in [-0.4, -0.2) is 31.2 Å². The average molecular weight is 186 g/mol. The quantitative estimate of drug-likeness (QED) is 0.442. The summed E-state index contributed by atoms with van der Waals surface area (Å²) in [5, 5.41) is 2.61. The van der Waals surface area contributed by atoms with Crippen LogP contribution in [0.1, 0.15) is 20.3 Å². The summed E-state index contributed by atoms with van der Waals surface area (Å²) in [6.45, 7) is 3.87. The van der Waals surface area contributed by atoms with Gasteiger partial charge in [-0.1, -0.05) is 20.3 Å². The molecule has 13 heavy (non-hydrogen) atoms. The molecule has 0 fully saturated rings. The standard InChI is InChI=1S/C9H18N2O2/c1-4-6(2)8(10)9(13)7(5-12)11-3/h5-8,11H,4,10H2,1-3H3/t6-,7?,8-/m0/s1. The lowest BCUT2D eigenvalue weighted by molar-refractivity contribution is -0.126. The molecule has 3 N–H and O–H groups in total. The number of carbonyl (C=O) groups is 2. The highest BCUT2D eigenvalue weighted by molar-refractivity contribution is 6.00. The van der Waals surface area contributed by atoms with Crippen LogP contribution in [-0.2, 0) is 9.59 Å². The summed E-state index contributed by atoms with van der Waals surface area (Å²) < 4.78 is 0. The van der Waals surface area contributed by atoms with Gasteiger partial charge in [0.15, 0.2) is 5.78 Å². The van der Waals surface area contributed by atoms with E-state index >= 15 is 0 Å². The lowest BCUT2D eigenvalue weighted by Crippen LogP contribution is -2.48. The first kappa shape index (κ1) is 12.3. The van der Waals surface area contributed by atoms with Gasteiger partial charge in [0.25, 0.3) is 0 Å². The molecule has 3 atom stereocenters. The Labute approximate surface area is 78.9 Å². The molecule has 0 aromatic rings. The van der Waals surface area contributed by atoms with Gasteiger partial charge in [0.2, 0.25) is 0 Å². The summed E-state index contributed by atoms with van der Waals surface area (Å²) >= 11 is 0. The fourth-order valence-corrected chi connectivity index (χ4v) is 1.02. The molecule has 0 radical (unpaired) electrons. The minimum absolute atomic E-state index is 0.114. The molecule has 0 aliphatic heterocycles. The minimum atomic E-state index is -0.760. The van der Waals surface area contributed by atoms with E-state index in [1.54, 1.807) is 7.05 Å². The van der Waals surface area contributed by atoms with E-state index < -0.39 is 12.1 Å². The zero-order valence-corrected chi connectivity index (χ0v) is 8.41. The third-order valence-electron chi connectivity index (χ3n) is 2.34. The van der Waals surface area contributed by atoms with E-state index in [0.717, 1.165) is 6.42 Å². The number of hydrogen-bond acceptors (Lipinski definition) is 4. The highest BCUT2D eigenvalue weighted by atomic mass is 16.1. The number of carbonyl (C=O) groups excluding carboxylic acids is 2. The Bertz CT molecular complexity index is 182. The molecule has 0 rings (SSSR count). The molecular weight excluding hydrogens is 168 g/mol. The molecule has 0 heterocycles. The largest absolute Gasteiger partial charge is 0.321 e. The van der Waals surface area contributed by atoms with E-state index in [9.17, 15) is 9.59 Å². The predicted molar refractivity (Wildman–Crippen MR) is 51.3 cm³/mol. The molecule has 4 nitrogen and oxygen atoms in total. The van der Waals surface area contributed by atoms with Crippen molar-refractivity contribution in [3.05, 3.63) is 0 Å². The zero-order valence-electron chi connectivity index (χ0n) is 8.41. The van der Waals surface area contributed by atoms with Crippen molar-refractivity contribution in [1.29, 1.82) is 0 Å². The summed E-state index contributed by atoms with van der Waals surface area (Å²) in [4.78, 5) is 21.9. The molecule has 76 valence electrons. The maximum atomic E-state index is 11.5. The minimum Gasteiger partial charge on any atom is -0.321 e. The van der Waals surface area contributed by atoms with Gasteiger partial charge in [-0.2, -0.15) is 0 Å². The fourth-order valence-electron chi connectivity index (χ4n) is 1.02. The van der Waals surface area contributed by atoms with Crippen molar-refractivity contribution in [3.63, 3.8) is 0 Å². The van der Waals surface area contributed by atoms with E-state index in [1.165, 1.54) is 0 Å². The van der Waals surface area contributed by atoms with Crippen molar-refractivity contribution >= 4 is 12.1 Å². The normalized spacial score (nSPS) is 17.5. The van der Waals surface area contributed by atoms with Gasteiger partial charge in [-0.15, -0.1) is 0 Å². The van der Waals surface area contributed by atoms with Crippen LogP contribution in [0.15, 0.2) is 0 Å². The Hall–Kier alpha value is -0.740. The van der Waals surface area contributed by atoms with E-state index in [-0.39, 0.29) is 11.7 Å². The molecule has 0 spiro atoms. The molecule has 0 aromatic heterocycles. The van der Waals surface area contributed by atoms with Crippen molar-refractivity contribution < 1.29 is 9.59 Å². The maximum Gasteiger partial charge on any atom is 0.173 e. The molecule has 0 aliphatic carbocycles. The molecule has 0 saturated carbocycles. The number of hydrogen-bond donors (Lipinski definition) is 2. The van der Waals surface area contributed by atoms with Gasteiger partial charge in [0.1, 0.15) is 12.3 Å². The second kappa shape index (κ2) is 5.83. The first-order chi connectivity index (χ1) is 6.08. The van der Waals surface area contributed by atoms with Gasteiger partial charge in [-0.05, 0) is 13.0 Å². The lowest BCUT2D eigenvalue weighted by atomic mass is 9.93. The number of nitrogens with two attached hydrogens (primary N) is 1. The van der Waals surface area contributed by atoms with E-state index in [1.807, 2.05) is 13.8 Å². The van der Waals surface area contributed by atoms with Crippen LogP contribution in [0.25, 0.3) is 0 Å². The smallest absolute Gasteiger partial charge is 0.173 e.